The predicted octanol–water partition coefficient (Wildman–Crippen LogP) is 6.60. The average molecular weight is 431 g/mol. The first-order chi connectivity index (χ1) is 15.4. The molecule has 0 saturated heterocycles. The summed E-state index contributed by atoms with van der Waals surface area (Å²) in [6.07, 6.45) is 0. The number of ether oxygens (including phenoxy) is 1. The molecule has 2 N–H and O–H groups in total. The molecule has 1 atom stereocenters. The van der Waals surface area contributed by atoms with Crippen molar-refractivity contribution in [2.45, 2.75) is 19.8 Å². The number of hydrogen-bond donors (Lipinski definition) is 2. The maximum Gasteiger partial charge on any atom is 0.310 e. The van der Waals surface area contributed by atoms with Crippen LogP contribution in [0.5, 0.6) is 11.5 Å². The Labute approximate surface area is 187 Å². The van der Waals surface area contributed by atoms with E-state index >= 15 is 0 Å². The molecule has 0 aliphatic heterocycles. The summed E-state index contributed by atoms with van der Waals surface area (Å²) >= 11 is 0. The van der Waals surface area contributed by atoms with E-state index in [1.165, 1.54) is 10.8 Å². The number of carboxylic acids is 2. The molecule has 32 heavy (non-hydrogen) atoms. The first-order valence-electron chi connectivity index (χ1n) is 10.1. The number of carboxylic acid groups (broad SMARTS) is 2. The highest BCUT2D eigenvalue weighted by Gasteiger charge is 2.13. The Balaban J connectivity index is 0.000000216. The Hall–Kier alpha value is -4.12. The summed E-state index contributed by atoms with van der Waals surface area (Å²) in [4.78, 5) is 19.9. The van der Waals surface area contributed by atoms with Crippen molar-refractivity contribution in [2.24, 2.45) is 0 Å². The molecule has 5 heteroatoms. The standard InChI is InChI=1S/C15H14O3.C10H8.C2H4O2/c1-11(15(16)17)12-6-5-9-14(10-12)18-13-7-3-2-4-8-13;1-2-6-10-8-4-3-7-9(10)5-1;1-2(3)4/h2-11H,1H3,(H,16,17);1-8H;1H3,(H,3,4). The lowest BCUT2D eigenvalue weighted by molar-refractivity contribution is -0.138. The molecule has 0 spiro atoms. The van der Waals surface area contributed by atoms with E-state index in [9.17, 15) is 4.79 Å². The van der Waals surface area contributed by atoms with E-state index in [2.05, 4.69) is 48.5 Å². The molecule has 0 bridgehead atoms. The fourth-order valence-corrected chi connectivity index (χ4v) is 2.75. The number of rotatable bonds is 4. The minimum Gasteiger partial charge on any atom is -0.481 e. The molecule has 0 aliphatic rings. The molecule has 1 unspecified atom stereocenters. The van der Waals surface area contributed by atoms with Crippen LogP contribution in [0.15, 0.2) is 103 Å². The topological polar surface area (TPSA) is 83.8 Å². The molecule has 0 aromatic heterocycles. The van der Waals surface area contributed by atoms with Gasteiger partial charge in [-0.3, -0.25) is 9.59 Å². The highest BCUT2D eigenvalue weighted by molar-refractivity contribution is 5.82. The Morgan fingerprint density at radius 3 is 1.59 bits per heavy atom. The first-order valence-corrected chi connectivity index (χ1v) is 10.1. The lowest BCUT2D eigenvalue weighted by Crippen LogP contribution is -2.07. The molecule has 4 aromatic carbocycles. The van der Waals surface area contributed by atoms with Gasteiger partial charge in [0.15, 0.2) is 0 Å². The minimum absolute atomic E-state index is 0.538. The van der Waals surface area contributed by atoms with Crippen LogP contribution in [0, 0.1) is 0 Å². The summed E-state index contributed by atoms with van der Waals surface area (Å²) in [5.41, 5.74) is 0.732. The monoisotopic (exact) mass is 430 g/mol. The van der Waals surface area contributed by atoms with Gasteiger partial charge in [-0.05, 0) is 47.5 Å². The number of benzene rings is 4. The minimum atomic E-state index is -0.841. The van der Waals surface area contributed by atoms with Gasteiger partial charge in [0.2, 0.25) is 0 Å². The molecule has 0 radical (unpaired) electrons. The van der Waals surface area contributed by atoms with Crippen LogP contribution in [0.2, 0.25) is 0 Å². The molecule has 164 valence electrons. The van der Waals surface area contributed by atoms with Crippen LogP contribution in [-0.2, 0) is 9.59 Å². The van der Waals surface area contributed by atoms with Crippen LogP contribution in [-0.4, -0.2) is 22.2 Å². The Morgan fingerprint density at radius 2 is 1.12 bits per heavy atom. The zero-order chi connectivity index (χ0) is 23.3. The van der Waals surface area contributed by atoms with Gasteiger partial charge < -0.3 is 14.9 Å². The summed E-state index contributed by atoms with van der Waals surface area (Å²) < 4.78 is 5.66. The van der Waals surface area contributed by atoms with Gasteiger partial charge in [0.05, 0.1) is 5.92 Å². The molecule has 4 rings (SSSR count). The molecule has 0 fully saturated rings. The van der Waals surface area contributed by atoms with E-state index in [4.69, 9.17) is 19.7 Å². The van der Waals surface area contributed by atoms with Crippen molar-refractivity contribution < 1.29 is 24.5 Å². The molecule has 0 heterocycles. The fraction of sp³-hybridized carbons (Fsp3) is 0.111. The Morgan fingerprint density at radius 1 is 0.688 bits per heavy atom. The maximum absolute atomic E-state index is 10.9. The normalized spacial score (nSPS) is 10.6. The van der Waals surface area contributed by atoms with Crippen LogP contribution >= 0.6 is 0 Å². The second-order valence-corrected chi connectivity index (χ2v) is 6.91. The summed E-state index contributed by atoms with van der Waals surface area (Å²) in [6.45, 7) is 2.74. The summed E-state index contributed by atoms with van der Waals surface area (Å²) in [6, 6.07) is 33.3. The van der Waals surface area contributed by atoms with E-state index in [0.29, 0.717) is 5.75 Å². The van der Waals surface area contributed by atoms with Gasteiger partial charge in [0.1, 0.15) is 11.5 Å². The third-order valence-corrected chi connectivity index (χ3v) is 4.37. The van der Waals surface area contributed by atoms with Crippen molar-refractivity contribution in [1.82, 2.24) is 0 Å². The van der Waals surface area contributed by atoms with Crippen LogP contribution < -0.4 is 4.74 Å². The van der Waals surface area contributed by atoms with Gasteiger partial charge >= 0.3 is 5.97 Å². The van der Waals surface area contributed by atoms with Crippen molar-refractivity contribution in [3.63, 3.8) is 0 Å². The van der Waals surface area contributed by atoms with E-state index in [0.717, 1.165) is 18.2 Å². The van der Waals surface area contributed by atoms with Crippen molar-refractivity contribution in [3.05, 3.63) is 109 Å². The SMILES string of the molecule is CC(=O)O.CC(C(=O)O)c1cccc(Oc2ccccc2)c1.c1ccc2ccccc2c1. The highest BCUT2D eigenvalue weighted by atomic mass is 16.5. The lowest BCUT2D eigenvalue weighted by atomic mass is 10.0. The second-order valence-electron chi connectivity index (χ2n) is 6.91. The number of para-hydroxylation sites is 1. The van der Waals surface area contributed by atoms with Crippen LogP contribution in [0.3, 0.4) is 0 Å². The fourth-order valence-electron chi connectivity index (χ4n) is 2.75. The smallest absolute Gasteiger partial charge is 0.310 e. The Kier molecular flexibility index (Phi) is 9.47. The summed E-state index contributed by atoms with van der Waals surface area (Å²) in [5, 5.41) is 19.0. The number of aliphatic carboxylic acids is 2. The third-order valence-electron chi connectivity index (χ3n) is 4.37. The maximum atomic E-state index is 10.9. The predicted molar refractivity (Wildman–Crippen MR) is 126 cm³/mol. The first kappa shape index (κ1) is 24.2. The van der Waals surface area contributed by atoms with Crippen molar-refractivity contribution in [1.29, 1.82) is 0 Å². The second kappa shape index (κ2) is 12.5. The molecule has 0 aliphatic carbocycles. The molecule has 5 nitrogen and oxygen atoms in total. The molecule has 4 aromatic rings. The third kappa shape index (κ3) is 8.32. The number of fused-ring (bicyclic) bond motifs is 1. The van der Waals surface area contributed by atoms with E-state index in [1.807, 2.05) is 36.4 Å². The Bertz CT molecular complexity index is 1070. The van der Waals surface area contributed by atoms with Crippen molar-refractivity contribution in [3.8, 4) is 11.5 Å². The highest BCUT2D eigenvalue weighted by Crippen LogP contribution is 2.25. The zero-order valence-corrected chi connectivity index (χ0v) is 18.0. The molecule has 0 saturated carbocycles. The van der Waals surface area contributed by atoms with Gasteiger partial charge in [-0.15, -0.1) is 0 Å². The largest absolute Gasteiger partial charge is 0.481 e. The molecular formula is C27H26O5. The number of carbonyl (C=O) groups is 2. The summed E-state index contributed by atoms with van der Waals surface area (Å²) in [5.74, 6) is -0.833. The van der Waals surface area contributed by atoms with Crippen LogP contribution in [0.1, 0.15) is 25.3 Å². The molecule has 0 amide bonds. The quantitative estimate of drug-likeness (QED) is 0.381. The van der Waals surface area contributed by atoms with Crippen molar-refractivity contribution in [2.75, 3.05) is 0 Å². The zero-order valence-electron chi connectivity index (χ0n) is 18.0. The van der Waals surface area contributed by atoms with E-state index < -0.39 is 17.9 Å². The van der Waals surface area contributed by atoms with Crippen LogP contribution in [0.4, 0.5) is 0 Å². The van der Waals surface area contributed by atoms with E-state index in [-0.39, 0.29) is 0 Å². The van der Waals surface area contributed by atoms with Gasteiger partial charge in [-0.25, -0.2) is 0 Å². The van der Waals surface area contributed by atoms with Crippen molar-refractivity contribution >= 4 is 22.7 Å². The summed E-state index contributed by atoms with van der Waals surface area (Å²) in [7, 11) is 0. The van der Waals surface area contributed by atoms with Gasteiger partial charge in [-0.2, -0.15) is 0 Å². The van der Waals surface area contributed by atoms with Gasteiger partial charge in [-0.1, -0.05) is 78.9 Å². The van der Waals surface area contributed by atoms with Gasteiger partial charge in [0.25, 0.3) is 5.97 Å². The van der Waals surface area contributed by atoms with Gasteiger partial charge in [0, 0.05) is 6.92 Å². The molecular weight excluding hydrogens is 404 g/mol. The average Bonchev–Trinajstić information content (AvgIpc) is 2.79. The lowest BCUT2D eigenvalue weighted by Gasteiger charge is -2.10. The number of hydrogen-bond acceptors (Lipinski definition) is 3. The van der Waals surface area contributed by atoms with E-state index in [1.54, 1.807) is 25.1 Å². The van der Waals surface area contributed by atoms with Crippen LogP contribution in [0.25, 0.3) is 10.8 Å².